The molecule has 11 N–H and O–H groups in total. The van der Waals surface area contributed by atoms with E-state index in [1.54, 1.807) is 26.0 Å². The summed E-state index contributed by atoms with van der Waals surface area (Å²) in [7, 11) is 0. The summed E-state index contributed by atoms with van der Waals surface area (Å²) in [5, 5.41) is 22.4. The zero-order chi connectivity index (χ0) is 34.8. The van der Waals surface area contributed by atoms with E-state index >= 15 is 0 Å². The van der Waals surface area contributed by atoms with Crippen LogP contribution in [0.4, 0.5) is 11.4 Å². The van der Waals surface area contributed by atoms with Crippen LogP contribution >= 0.6 is 0 Å². The molecule has 48 heavy (non-hydrogen) atoms. The van der Waals surface area contributed by atoms with E-state index in [9.17, 15) is 19.2 Å². The molecule has 0 fully saturated rings. The zero-order valence-electron chi connectivity index (χ0n) is 27.2. The van der Waals surface area contributed by atoms with Gasteiger partial charge in [0.1, 0.15) is 18.1 Å². The largest absolute Gasteiger partial charge is 0.394 e. The van der Waals surface area contributed by atoms with E-state index in [1.807, 2.05) is 54.6 Å². The first-order valence-corrected chi connectivity index (χ1v) is 16.0. The summed E-state index contributed by atoms with van der Waals surface area (Å²) in [5.74, 6) is -2.22. The minimum Gasteiger partial charge on any atom is -0.394 e. The lowest BCUT2D eigenvalue weighted by Crippen LogP contribution is -2.54. The van der Waals surface area contributed by atoms with Gasteiger partial charge in [0.25, 0.3) is 5.91 Å². The van der Waals surface area contributed by atoms with Gasteiger partial charge in [0, 0.05) is 23.0 Å². The number of rotatable bonds is 16. The van der Waals surface area contributed by atoms with Crippen molar-refractivity contribution in [3.8, 4) is 0 Å². The van der Waals surface area contributed by atoms with E-state index in [1.165, 1.54) is 0 Å². The Kier molecular flexibility index (Phi) is 12.4. The lowest BCUT2D eigenvalue weighted by Gasteiger charge is -2.23. The summed E-state index contributed by atoms with van der Waals surface area (Å²) in [5.41, 5.74) is 20.5. The normalized spacial score (nSPS) is 13.1. The highest BCUT2D eigenvalue weighted by Crippen LogP contribution is 2.34. The van der Waals surface area contributed by atoms with Crippen LogP contribution in [0.25, 0.3) is 21.8 Å². The van der Waals surface area contributed by atoms with Crippen LogP contribution in [0, 0.1) is 5.92 Å². The van der Waals surface area contributed by atoms with E-state index in [0.29, 0.717) is 47.8 Å². The monoisotopic (exact) mass is 656 g/mol. The summed E-state index contributed by atoms with van der Waals surface area (Å²) < 4.78 is 0. The SMILES string of the molecule is CC(C)[C@H](NC(=O)[C@@H](N)CO)C(=O)NCc1ccc(Nc2c3ccccc3nc3c(C(=O)N[C@@H](CCCCN)C(N)=O)cccc23)cc1. The lowest BCUT2D eigenvalue weighted by atomic mass is 10.0. The second-order valence-corrected chi connectivity index (χ2v) is 12.0. The fraction of sp³-hybridized carbons (Fsp3) is 0.343. The van der Waals surface area contributed by atoms with Gasteiger partial charge >= 0.3 is 0 Å². The third-order valence-electron chi connectivity index (χ3n) is 8.02. The number of carbonyl (C=O) groups is 4. The molecule has 0 radical (unpaired) electrons. The van der Waals surface area contributed by atoms with Gasteiger partial charge in [-0.2, -0.15) is 0 Å². The highest BCUT2D eigenvalue weighted by Gasteiger charge is 2.26. The minimum atomic E-state index is -1.11. The number of benzene rings is 3. The number of primary amides is 1. The molecular formula is C35H44N8O5. The fourth-order valence-electron chi connectivity index (χ4n) is 5.27. The molecule has 3 atom stereocenters. The van der Waals surface area contributed by atoms with Crippen molar-refractivity contribution in [1.29, 1.82) is 0 Å². The minimum absolute atomic E-state index is 0.200. The number of aliphatic hydroxyl groups is 1. The van der Waals surface area contributed by atoms with Gasteiger partial charge in [0.15, 0.2) is 0 Å². The van der Waals surface area contributed by atoms with E-state index in [-0.39, 0.29) is 18.4 Å². The fourth-order valence-corrected chi connectivity index (χ4v) is 5.27. The molecule has 0 saturated heterocycles. The van der Waals surface area contributed by atoms with Crippen molar-refractivity contribution in [2.45, 2.75) is 57.8 Å². The number of aliphatic hydroxyl groups excluding tert-OH is 1. The average Bonchev–Trinajstić information content (AvgIpc) is 3.08. The van der Waals surface area contributed by atoms with E-state index in [2.05, 4.69) is 21.3 Å². The summed E-state index contributed by atoms with van der Waals surface area (Å²) in [6, 6.07) is 17.6. The number of unbranched alkanes of at least 4 members (excludes halogenated alkanes) is 1. The Labute approximate surface area is 279 Å². The number of nitrogens with one attached hydrogen (secondary N) is 4. The van der Waals surface area contributed by atoms with Crippen molar-refractivity contribution in [2.75, 3.05) is 18.5 Å². The second-order valence-electron chi connectivity index (χ2n) is 12.0. The summed E-state index contributed by atoms with van der Waals surface area (Å²) in [6.07, 6.45) is 1.76. The maximum atomic E-state index is 13.5. The van der Waals surface area contributed by atoms with E-state index < -0.39 is 42.5 Å². The third-order valence-corrected chi connectivity index (χ3v) is 8.02. The lowest BCUT2D eigenvalue weighted by molar-refractivity contribution is -0.131. The first kappa shape index (κ1) is 35.7. The van der Waals surface area contributed by atoms with E-state index in [4.69, 9.17) is 27.3 Å². The topological polar surface area (TPSA) is 228 Å². The smallest absolute Gasteiger partial charge is 0.254 e. The van der Waals surface area contributed by atoms with Crippen LogP contribution in [0.1, 0.15) is 49.0 Å². The molecule has 0 bridgehead atoms. The van der Waals surface area contributed by atoms with Crippen LogP contribution in [0.3, 0.4) is 0 Å². The Balaban J connectivity index is 1.55. The van der Waals surface area contributed by atoms with Crippen LogP contribution in [0.15, 0.2) is 66.7 Å². The number of para-hydroxylation sites is 2. The van der Waals surface area contributed by atoms with Crippen molar-refractivity contribution in [3.05, 3.63) is 77.9 Å². The van der Waals surface area contributed by atoms with Crippen LogP contribution in [0.5, 0.6) is 0 Å². The number of pyridine rings is 1. The van der Waals surface area contributed by atoms with E-state index in [0.717, 1.165) is 22.3 Å². The molecule has 0 saturated carbocycles. The molecule has 0 unspecified atom stereocenters. The number of amides is 4. The van der Waals surface area contributed by atoms with Crippen LogP contribution < -0.4 is 38.5 Å². The number of hydrogen-bond acceptors (Lipinski definition) is 9. The van der Waals surface area contributed by atoms with Crippen molar-refractivity contribution in [2.24, 2.45) is 23.1 Å². The second kappa shape index (κ2) is 16.6. The Bertz CT molecular complexity index is 1760. The standard InChI is InChI=1S/C35H44N8O5/c1-20(2)29(43-34(47)26(37)19-44)35(48)39-18-21-13-15-22(16-14-21)40-30-23-8-3-4-11-27(23)41-31-24(30)9-7-10-25(31)33(46)42-28(32(38)45)12-5-6-17-36/h3-4,7-11,13-16,20,26,28-29,44H,5-6,12,17-19,36-37H2,1-2H3,(H2,38,45)(H,39,48)(H,40,41)(H,42,46)(H,43,47)/t26-,28-,29-/m0/s1. The number of nitrogens with zero attached hydrogens (tertiary/aromatic N) is 1. The highest BCUT2D eigenvalue weighted by atomic mass is 16.3. The molecule has 13 heteroatoms. The van der Waals surface area contributed by atoms with Gasteiger partial charge in [-0.05, 0) is 61.6 Å². The molecule has 13 nitrogen and oxygen atoms in total. The van der Waals surface area contributed by atoms with Crippen LogP contribution in [-0.4, -0.2) is 65.0 Å². The Morgan fingerprint density at radius 2 is 1.58 bits per heavy atom. The quantitative estimate of drug-likeness (QED) is 0.0650. The Hall–Kier alpha value is -5.11. The molecule has 1 heterocycles. The van der Waals surface area contributed by atoms with Gasteiger partial charge in [-0.15, -0.1) is 0 Å². The van der Waals surface area contributed by atoms with Crippen molar-refractivity contribution < 1.29 is 24.3 Å². The first-order chi connectivity index (χ1) is 23.0. The Morgan fingerprint density at radius 1 is 0.875 bits per heavy atom. The number of hydrogen-bond donors (Lipinski definition) is 8. The number of anilines is 2. The summed E-state index contributed by atoms with van der Waals surface area (Å²) >= 11 is 0. The van der Waals surface area contributed by atoms with Crippen LogP contribution in [0.2, 0.25) is 0 Å². The highest BCUT2D eigenvalue weighted by molar-refractivity contribution is 6.15. The van der Waals surface area contributed by atoms with Crippen molar-refractivity contribution in [1.82, 2.24) is 20.9 Å². The maximum absolute atomic E-state index is 13.5. The number of nitrogens with two attached hydrogens (primary N) is 3. The number of carbonyl (C=O) groups excluding carboxylic acids is 4. The first-order valence-electron chi connectivity index (χ1n) is 16.0. The molecule has 3 aromatic carbocycles. The summed E-state index contributed by atoms with van der Waals surface area (Å²) in [6.45, 7) is 3.80. The molecular weight excluding hydrogens is 612 g/mol. The molecule has 0 aliphatic rings. The average molecular weight is 657 g/mol. The molecule has 0 spiro atoms. The zero-order valence-corrected chi connectivity index (χ0v) is 27.2. The number of aromatic nitrogens is 1. The predicted octanol–water partition coefficient (Wildman–Crippen LogP) is 1.92. The van der Waals surface area contributed by atoms with Gasteiger partial charge in [-0.25, -0.2) is 4.98 Å². The maximum Gasteiger partial charge on any atom is 0.254 e. The molecule has 0 aliphatic carbocycles. The van der Waals surface area contributed by atoms with Gasteiger partial charge in [0.2, 0.25) is 17.7 Å². The number of fused-ring (bicyclic) bond motifs is 2. The molecule has 4 rings (SSSR count). The third kappa shape index (κ3) is 8.82. The van der Waals surface area contributed by atoms with Crippen LogP contribution in [-0.2, 0) is 20.9 Å². The molecule has 4 aromatic rings. The summed E-state index contributed by atoms with van der Waals surface area (Å²) in [4.78, 5) is 55.4. The molecule has 0 aliphatic heterocycles. The van der Waals surface area contributed by atoms with Gasteiger partial charge < -0.3 is 43.6 Å². The van der Waals surface area contributed by atoms with Crippen molar-refractivity contribution in [3.63, 3.8) is 0 Å². The van der Waals surface area contributed by atoms with Gasteiger partial charge in [-0.3, -0.25) is 19.2 Å². The van der Waals surface area contributed by atoms with Crippen molar-refractivity contribution >= 4 is 56.8 Å². The molecule has 4 amide bonds. The Morgan fingerprint density at radius 3 is 2.25 bits per heavy atom. The molecule has 1 aromatic heterocycles. The van der Waals surface area contributed by atoms with Gasteiger partial charge in [0.05, 0.1) is 28.9 Å². The predicted molar refractivity (Wildman–Crippen MR) is 186 cm³/mol. The van der Waals surface area contributed by atoms with Gasteiger partial charge in [-0.1, -0.05) is 56.3 Å². The molecule has 254 valence electrons.